The van der Waals surface area contributed by atoms with Crippen molar-refractivity contribution in [3.8, 4) is 5.75 Å². The van der Waals surface area contributed by atoms with Gasteiger partial charge in [-0.2, -0.15) is 0 Å². The monoisotopic (exact) mass is 361 g/mol. The standard InChI is InChI=1S/C22H23N3O2/c1-27-21-11-5-10-20(15-21)24-22(26)25(17-19-9-6-13-23-16-19)14-12-18-7-3-2-4-8-18/h2-11,13,15-16H,12,14,17H2,1H3,(H,24,26). The van der Waals surface area contributed by atoms with E-state index in [-0.39, 0.29) is 6.03 Å². The van der Waals surface area contributed by atoms with Crippen molar-refractivity contribution in [1.29, 1.82) is 0 Å². The molecular weight excluding hydrogens is 338 g/mol. The second kappa shape index (κ2) is 9.38. The minimum absolute atomic E-state index is 0.150. The molecule has 27 heavy (non-hydrogen) atoms. The molecule has 0 aliphatic rings. The average Bonchev–Trinajstić information content (AvgIpc) is 2.72. The van der Waals surface area contributed by atoms with Gasteiger partial charge in [-0.05, 0) is 35.7 Å². The number of aromatic nitrogens is 1. The van der Waals surface area contributed by atoms with Crippen LogP contribution in [0.5, 0.6) is 5.75 Å². The summed E-state index contributed by atoms with van der Waals surface area (Å²) < 4.78 is 5.22. The number of nitrogens with zero attached hydrogens (tertiary/aromatic N) is 2. The van der Waals surface area contributed by atoms with E-state index in [2.05, 4.69) is 22.4 Å². The number of urea groups is 1. The van der Waals surface area contributed by atoms with Crippen LogP contribution < -0.4 is 10.1 Å². The summed E-state index contributed by atoms with van der Waals surface area (Å²) in [5.41, 5.74) is 2.89. The maximum absolute atomic E-state index is 12.9. The lowest BCUT2D eigenvalue weighted by Gasteiger charge is -2.23. The Hall–Kier alpha value is -3.34. The number of hydrogen-bond donors (Lipinski definition) is 1. The third-order valence-electron chi connectivity index (χ3n) is 4.22. The van der Waals surface area contributed by atoms with Crippen LogP contribution in [0.15, 0.2) is 79.1 Å². The third-order valence-corrected chi connectivity index (χ3v) is 4.22. The van der Waals surface area contributed by atoms with Crippen molar-refractivity contribution in [3.63, 3.8) is 0 Å². The first-order valence-corrected chi connectivity index (χ1v) is 8.87. The molecule has 5 heteroatoms. The Morgan fingerprint density at radius 3 is 2.59 bits per heavy atom. The smallest absolute Gasteiger partial charge is 0.322 e. The molecule has 1 aromatic heterocycles. The van der Waals surface area contributed by atoms with Gasteiger partial charge >= 0.3 is 6.03 Å². The Morgan fingerprint density at radius 1 is 1.04 bits per heavy atom. The maximum atomic E-state index is 12.9. The number of rotatable bonds is 7. The maximum Gasteiger partial charge on any atom is 0.322 e. The van der Waals surface area contributed by atoms with E-state index in [0.717, 1.165) is 12.0 Å². The van der Waals surface area contributed by atoms with Crippen LogP contribution in [0.3, 0.4) is 0 Å². The molecule has 0 unspecified atom stereocenters. The van der Waals surface area contributed by atoms with Gasteiger partial charge in [-0.1, -0.05) is 42.5 Å². The van der Waals surface area contributed by atoms with Gasteiger partial charge in [0.2, 0.25) is 0 Å². The van der Waals surface area contributed by atoms with Crippen molar-refractivity contribution in [2.45, 2.75) is 13.0 Å². The Kier molecular flexibility index (Phi) is 6.41. The number of ether oxygens (including phenoxy) is 1. The number of benzene rings is 2. The Bertz CT molecular complexity index is 854. The number of hydrogen-bond acceptors (Lipinski definition) is 3. The minimum atomic E-state index is -0.150. The third kappa shape index (κ3) is 5.57. The number of carbonyl (C=O) groups is 1. The molecule has 0 fully saturated rings. The molecule has 1 N–H and O–H groups in total. The summed E-state index contributed by atoms with van der Waals surface area (Å²) in [4.78, 5) is 18.8. The summed E-state index contributed by atoms with van der Waals surface area (Å²) in [5.74, 6) is 0.705. The van der Waals surface area contributed by atoms with E-state index in [0.29, 0.717) is 24.5 Å². The van der Waals surface area contributed by atoms with E-state index in [1.807, 2.05) is 48.5 Å². The van der Waals surface area contributed by atoms with E-state index in [1.54, 1.807) is 30.5 Å². The minimum Gasteiger partial charge on any atom is -0.497 e. The van der Waals surface area contributed by atoms with Crippen LogP contribution >= 0.6 is 0 Å². The molecule has 0 radical (unpaired) electrons. The highest BCUT2D eigenvalue weighted by Gasteiger charge is 2.15. The van der Waals surface area contributed by atoms with Crippen LogP contribution in [0.4, 0.5) is 10.5 Å². The van der Waals surface area contributed by atoms with Gasteiger partial charge in [0.25, 0.3) is 0 Å². The van der Waals surface area contributed by atoms with Crippen molar-refractivity contribution < 1.29 is 9.53 Å². The molecule has 5 nitrogen and oxygen atoms in total. The number of amides is 2. The van der Waals surface area contributed by atoms with Gasteiger partial charge in [0, 0.05) is 37.2 Å². The zero-order valence-electron chi connectivity index (χ0n) is 15.3. The van der Waals surface area contributed by atoms with Gasteiger partial charge in [-0.15, -0.1) is 0 Å². The fraction of sp³-hybridized carbons (Fsp3) is 0.182. The molecule has 0 saturated carbocycles. The number of anilines is 1. The van der Waals surface area contributed by atoms with E-state index in [4.69, 9.17) is 4.74 Å². The second-order valence-corrected chi connectivity index (χ2v) is 6.18. The van der Waals surface area contributed by atoms with Gasteiger partial charge in [-0.25, -0.2) is 4.79 Å². The molecule has 3 aromatic rings. The summed E-state index contributed by atoms with van der Waals surface area (Å²) in [6.45, 7) is 1.10. The molecule has 0 bridgehead atoms. The number of carbonyl (C=O) groups excluding carboxylic acids is 1. The summed E-state index contributed by atoms with van der Waals surface area (Å²) in [5, 5.41) is 2.96. The highest BCUT2D eigenvalue weighted by atomic mass is 16.5. The van der Waals surface area contributed by atoms with Crippen molar-refractivity contribution >= 4 is 11.7 Å². The largest absolute Gasteiger partial charge is 0.497 e. The quantitative estimate of drug-likeness (QED) is 0.680. The summed E-state index contributed by atoms with van der Waals surface area (Å²) >= 11 is 0. The SMILES string of the molecule is COc1cccc(NC(=O)N(CCc2ccccc2)Cc2cccnc2)c1. The van der Waals surface area contributed by atoms with Gasteiger partial charge in [0.1, 0.15) is 5.75 Å². The van der Waals surface area contributed by atoms with Gasteiger partial charge in [0.15, 0.2) is 0 Å². The molecule has 0 saturated heterocycles. The van der Waals surface area contributed by atoms with Gasteiger partial charge < -0.3 is 15.0 Å². The summed E-state index contributed by atoms with van der Waals surface area (Å²) in [7, 11) is 1.61. The summed E-state index contributed by atoms with van der Waals surface area (Å²) in [6.07, 6.45) is 4.30. The van der Waals surface area contributed by atoms with Crippen LogP contribution in [-0.4, -0.2) is 29.6 Å². The fourth-order valence-electron chi connectivity index (χ4n) is 2.78. The number of pyridine rings is 1. The second-order valence-electron chi connectivity index (χ2n) is 6.18. The molecule has 0 aliphatic heterocycles. The molecule has 2 amide bonds. The highest BCUT2D eigenvalue weighted by molar-refractivity contribution is 5.89. The first-order chi connectivity index (χ1) is 13.2. The molecule has 0 spiro atoms. The van der Waals surface area contributed by atoms with Crippen LogP contribution in [0.1, 0.15) is 11.1 Å². The van der Waals surface area contributed by atoms with Crippen LogP contribution in [-0.2, 0) is 13.0 Å². The predicted molar refractivity (Wildman–Crippen MR) is 107 cm³/mol. The van der Waals surface area contributed by atoms with Crippen LogP contribution in [0, 0.1) is 0 Å². The first-order valence-electron chi connectivity index (χ1n) is 8.87. The molecule has 1 heterocycles. The van der Waals surface area contributed by atoms with E-state index in [9.17, 15) is 4.79 Å². The predicted octanol–water partition coefficient (Wildman–Crippen LogP) is 4.37. The molecule has 0 aliphatic carbocycles. The first kappa shape index (κ1) is 18.5. The van der Waals surface area contributed by atoms with Gasteiger partial charge in [-0.3, -0.25) is 4.98 Å². The van der Waals surface area contributed by atoms with E-state index in [1.165, 1.54) is 5.56 Å². The van der Waals surface area contributed by atoms with E-state index >= 15 is 0 Å². The average molecular weight is 361 g/mol. The molecule has 0 atom stereocenters. The zero-order chi connectivity index (χ0) is 18.9. The molecular formula is C22H23N3O2. The topological polar surface area (TPSA) is 54.5 Å². The summed E-state index contributed by atoms with van der Waals surface area (Å²) in [6, 6.07) is 21.2. The van der Waals surface area contributed by atoms with Crippen LogP contribution in [0.2, 0.25) is 0 Å². The lowest BCUT2D eigenvalue weighted by molar-refractivity contribution is 0.209. The Labute approximate surface area is 159 Å². The zero-order valence-corrected chi connectivity index (χ0v) is 15.3. The lowest BCUT2D eigenvalue weighted by Crippen LogP contribution is -2.36. The number of nitrogens with one attached hydrogen (secondary N) is 1. The highest BCUT2D eigenvalue weighted by Crippen LogP contribution is 2.17. The van der Waals surface area contributed by atoms with Gasteiger partial charge in [0.05, 0.1) is 7.11 Å². The van der Waals surface area contributed by atoms with Crippen molar-refractivity contribution in [2.24, 2.45) is 0 Å². The van der Waals surface area contributed by atoms with Crippen LogP contribution in [0.25, 0.3) is 0 Å². The Balaban J connectivity index is 1.71. The molecule has 2 aromatic carbocycles. The number of methoxy groups -OCH3 is 1. The lowest BCUT2D eigenvalue weighted by atomic mass is 10.1. The normalized spacial score (nSPS) is 10.3. The molecule has 138 valence electrons. The Morgan fingerprint density at radius 2 is 1.85 bits per heavy atom. The van der Waals surface area contributed by atoms with E-state index < -0.39 is 0 Å². The molecule has 3 rings (SSSR count). The van der Waals surface area contributed by atoms with Crippen molar-refractivity contribution in [2.75, 3.05) is 19.0 Å². The van der Waals surface area contributed by atoms with Crippen molar-refractivity contribution in [1.82, 2.24) is 9.88 Å². The fourth-order valence-corrected chi connectivity index (χ4v) is 2.78. The van der Waals surface area contributed by atoms with Crippen molar-refractivity contribution in [3.05, 3.63) is 90.3 Å².